The van der Waals surface area contributed by atoms with E-state index in [0.29, 0.717) is 17.0 Å². The van der Waals surface area contributed by atoms with Crippen molar-refractivity contribution in [3.63, 3.8) is 0 Å². The molecule has 2 aromatic heterocycles. The monoisotopic (exact) mass is 261 g/mol. The first-order valence-electron chi connectivity index (χ1n) is 5.71. The minimum Gasteiger partial charge on any atom is -0.352 e. The molecule has 92 valence electrons. The average molecular weight is 262 g/mol. The lowest BCUT2D eigenvalue weighted by molar-refractivity contribution is 0.541. The quantitative estimate of drug-likeness (QED) is 0.914. The van der Waals surface area contributed by atoms with E-state index in [1.807, 2.05) is 18.2 Å². The topological polar surface area (TPSA) is 53.9 Å². The highest BCUT2D eigenvalue weighted by Crippen LogP contribution is 2.19. The lowest BCUT2D eigenvalue weighted by Gasteiger charge is -2.40. The number of nitrogens with zero attached hydrogens (tertiary/aromatic N) is 4. The van der Waals surface area contributed by atoms with Crippen LogP contribution in [0.15, 0.2) is 36.8 Å². The summed E-state index contributed by atoms with van der Waals surface area (Å²) in [6.07, 6.45) is 4.98. The second-order valence-electron chi connectivity index (χ2n) is 4.16. The third kappa shape index (κ3) is 2.36. The molecule has 18 heavy (non-hydrogen) atoms. The van der Waals surface area contributed by atoms with E-state index in [2.05, 4.69) is 25.2 Å². The Bertz CT molecular complexity index is 510. The predicted molar refractivity (Wildman–Crippen MR) is 70.9 cm³/mol. The van der Waals surface area contributed by atoms with Gasteiger partial charge in [0.1, 0.15) is 5.82 Å². The Morgan fingerprint density at radius 1 is 1.17 bits per heavy atom. The van der Waals surface area contributed by atoms with Crippen LogP contribution >= 0.6 is 11.6 Å². The van der Waals surface area contributed by atoms with Crippen molar-refractivity contribution in [1.82, 2.24) is 15.0 Å². The number of hydrogen-bond acceptors (Lipinski definition) is 5. The average Bonchev–Trinajstić information content (AvgIpc) is 2.36. The van der Waals surface area contributed by atoms with Gasteiger partial charge in [-0.05, 0) is 12.1 Å². The second-order valence-corrected chi connectivity index (χ2v) is 4.60. The minimum absolute atomic E-state index is 0.355. The van der Waals surface area contributed by atoms with E-state index >= 15 is 0 Å². The first-order valence-corrected chi connectivity index (χ1v) is 6.09. The van der Waals surface area contributed by atoms with E-state index in [-0.39, 0.29) is 0 Å². The number of halogens is 1. The molecule has 3 heterocycles. The van der Waals surface area contributed by atoms with E-state index in [1.165, 1.54) is 0 Å². The van der Waals surface area contributed by atoms with Gasteiger partial charge in [-0.25, -0.2) is 15.0 Å². The standard InChI is InChI=1S/C12H12ClN5/c13-9-5-15-12(16-6-9)17-10-7-18(8-10)11-3-1-2-4-14-11/h1-6,10H,7-8H2,(H,15,16,17). The van der Waals surface area contributed by atoms with Crippen LogP contribution in [-0.4, -0.2) is 34.1 Å². The fourth-order valence-electron chi connectivity index (χ4n) is 1.87. The van der Waals surface area contributed by atoms with Crippen LogP contribution in [0.5, 0.6) is 0 Å². The van der Waals surface area contributed by atoms with Gasteiger partial charge in [0.2, 0.25) is 5.95 Å². The summed E-state index contributed by atoms with van der Waals surface area (Å²) in [5, 5.41) is 3.80. The number of pyridine rings is 1. The fourth-order valence-corrected chi connectivity index (χ4v) is 1.96. The lowest BCUT2D eigenvalue weighted by atomic mass is 10.1. The Balaban J connectivity index is 1.55. The summed E-state index contributed by atoms with van der Waals surface area (Å²) in [5.41, 5.74) is 0. The summed E-state index contributed by atoms with van der Waals surface area (Å²) < 4.78 is 0. The SMILES string of the molecule is Clc1cnc(NC2CN(c3ccccn3)C2)nc1. The van der Waals surface area contributed by atoms with Gasteiger partial charge in [0.05, 0.1) is 23.5 Å². The molecule has 0 aromatic carbocycles. The molecular formula is C12H12ClN5. The first kappa shape index (κ1) is 11.2. The molecule has 0 spiro atoms. The Morgan fingerprint density at radius 3 is 2.61 bits per heavy atom. The highest BCUT2D eigenvalue weighted by Gasteiger charge is 2.27. The zero-order valence-electron chi connectivity index (χ0n) is 9.62. The molecule has 1 N–H and O–H groups in total. The van der Waals surface area contributed by atoms with Gasteiger partial charge in [-0.15, -0.1) is 0 Å². The molecule has 0 atom stereocenters. The van der Waals surface area contributed by atoms with Crippen LogP contribution in [0.1, 0.15) is 0 Å². The van der Waals surface area contributed by atoms with Gasteiger partial charge in [-0.1, -0.05) is 17.7 Å². The Labute approximate surface area is 110 Å². The molecule has 1 aliphatic heterocycles. The summed E-state index contributed by atoms with van der Waals surface area (Å²) >= 11 is 5.73. The molecule has 1 aliphatic rings. The van der Waals surface area contributed by atoms with Crippen molar-refractivity contribution in [3.8, 4) is 0 Å². The third-order valence-electron chi connectivity index (χ3n) is 2.81. The molecule has 3 rings (SSSR count). The summed E-state index contributed by atoms with van der Waals surface area (Å²) in [5.74, 6) is 1.62. The van der Waals surface area contributed by atoms with Gasteiger partial charge in [-0.2, -0.15) is 0 Å². The normalized spacial score (nSPS) is 15.3. The molecule has 0 aliphatic carbocycles. The number of nitrogens with one attached hydrogen (secondary N) is 1. The number of anilines is 2. The molecule has 0 saturated carbocycles. The summed E-state index contributed by atoms with van der Waals surface area (Å²) in [7, 11) is 0. The van der Waals surface area contributed by atoms with E-state index in [0.717, 1.165) is 18.9 Å². The Hall–Kier alpha value is -1.88. The molecule has 0 unspecified atom stereocenters. The first-order chi connectivity index (χ1) is 8.81. The largest absolute Gasteiger partial charge is 0.352 e. The van der Waals surface area contributed by atoms with Crippen LogP contribution in [0.4, 0.5) is 11.8 Å². The van der Waals surface area contributed by atoms with Crippen LogP contribution < -0.4 is 10.2 Å². The van der Waals surface area contributed by atoms with Gasteiger partial charge < -0.3 is 10.2 Å². The molecule has 0 bridgehead atoms. The van der Waals surface area contributed by atoms with Crippen LogP contribution in [0.25, 0.3) is 0 Å². The molecule has 0 radical (unpaired) electrons. The second kappa shape index (κ2) is 4.78. The van der Waals surface area contributed by atoms with Crippen LogP contribution in [0.3, 0.4) is 0 Å². The number of hydrogen-bond donors (Lipinski definition) is 1. The Kier molecular flexibility index (Phi) is 2.98. The highest BCUT2D eigenvalue weighted by atomic mass is 35.5. The molecule has 1 fully saturated rings. The van der Waals surface area contributed by atoms with Crippen molar-refractivity contribution >= 4 is 23.4 Å². The van der Waals surface area contributed by atoms with Crippen molar-refractivity contribution in [2.45, 2.75) is 6.04 Å². The van der Waals surface area contributed by atoms with Gasteiger partial charge in [0, 0.05) is 19.3 Å². The predicted octanol–water partition coefficient (Wildman–Crippen LogP) is 1.83. The molecule has 2 aromatic rings. The molecule has 5 nitrogen and oxygen atoms in total. The maximum Gasteiger partial charge on any atom is 0.223 e. The number of aromatic nitrogens is 3. The van der Waals surface area contributed by atoms with Crippen molar-refractivity contribution in [2.24, 2.45) is 0 Å². The van der Waals surface area contributed by atoms with Crippen LogP contribution in [-0.2, 0) is 0 Å². The highest BCUT2D eigenvalue weighted by molar-refractivity contribution is 6.30. The zero-order valence-corrected chi connectivity index (χ0v) is 10.4. The van der Waals surface area contributed by atoms with Gasteiger partial charge in [-0.3, -0.25) is 0 Å². The molecule has 1 saturated heterocycles. The maximum absolute atomic E-state index is 5.73. The maximum atomic E-state index is 5.73. The van der Waals surface area contributed by atoms with Crippen LogP contribution in [0, 0.1) is 0 Å². The molecule has 0 amide bonds. The van der Waals surface area contributed by atoms with E-state index in [4.69, 9.17) is 11.6 Å². The summed E-state index contributed by atoms with van der Waals surface area (Å²) in [6.45, 7) is 1.81. The Morgan fingerprint density at radius 2 is 1.94 bits per heavy atom. The molecule has 6 heteroatoms. The van der Waals surface area contributed by atoms with Gasteiger partial charge in [0.25, 0.3) is 0 Å². The fraction of sp³-hybridized carbons (Fsp3) is 0.250. The van der Waals surface area contributed by atoms with E-state index < -0.39 is 0 Å². The molecular weight excluding hydrogens is 250 g/mol. The van der Waals surface area contributed by atoms with Crippen molar-refractivity contribution in [1.29, 1.82) is 0 Å². The number of rotatable bonds is 3. The van der Waals surface area contributed by atoms with Crippen LogP contribution in [0.2, 0.25) is 5.02 Å². The smallest absolute Gasteiger partial charge is 0.223 e. The lowest BCUT2D eigenvalue weighted by Crippen LogP contribution is -2.55. The zero-order chi connectivity index (χ0) is 12.4. The minimum atomic E-state index is 0.355. The van der Waals surface area contributed by atoms with E-state index in [1.54, 1.807) is 18.6 Å². The van der Waals surface area contributed by atoms with E-state index in [9.17, 15) is 0 Å². The van der Waals surface area contributed by atoms with Gasteiger partial charge >= 0.3 is 0 Å². The van der Waals surface area contributed by atoms with Crippen molar-refractivity contribution in [2.75, 3.05) is 23.3 Å². The van der Waals surface area contributed by atoms with Crippen molar-refractivity contribution in [3.05, 3.63) is 41.8 Å². The third-order valence-corrected chi connectivity index (χ3v) is 3.00. The van der Waals surface area contributed by atoms with Gasteiger partial charge in [0.15, 0.2) is 0 Å². The van der Waals surface area contributed by atoms with Crippen molar-refractivity contribution < 1.29 is 0 Å². The summed E-state index contributed by atoms with van der Waals surface area (Å²) in [4.78, 5) is 14.7. The summed E-state index contributed by atoms with van der Waals surface area (Å²) in [6, 6.07) is 6.27.